The first-order chi connectivity index (χ1) is 20.7. The molecule has 0 aliphatic carbocycles. The number of rotatable bonds is 14. The molecule has 228 valence electrons. The number of nitro benzene ring substituents is 2. The summed E-state index contributed by atoms with van der Waals surface area (Å²) in [4.78, 5) is 50.3. The van der Waals surface area contributed by atoms with E-state index in [1.807, 2.05) is 67.6 Å². The van der Waals surface area contributed by atoms with Crippen molar-refractivity contribution >= 4 is 36.0 Å². The van der Waals surface area contributed by atoms with Gasteiger partial charge in [-0.3, -0.25) is 34.6 Å². The van der Waals surface area contributed by atoms with Crippen molar-refractivity contribution in [2.75, 3.05) is 20.3 Å². The first-order valence-electron chi connectivity index (χ1n) is 13.2. The van der Waals surface area contributed by atoms with Crippen molar-refractivity contribution in [1.29, 1.82) is 0 Å². The quantitative estimate of drug-likeness (QED) is 0.0707. The summed E-state index contributed by atoms with van der Waals surface area (Å²) in [6.07, 6.45) is 8.75. The largest absolute Gasteiger partial charge is 0.494 e. The predicted octanol–water partition coefficient (Wildman–Crippen LogP) is 6.55. The minimum atomic E-state index is -0.792. The number of methoxy groups -OCH3 is 1. The van der Waals surface area contributed by atoms with Gasteiger partial charge >= 0.3 is 0 Å². The Bertz CT molecular complexity index is 1320. The summed E-state index contributed by atoms with van der Waals surface area (Å²) in [6, 6.07) is 17.8. The minimum absolute atomic E-state index is 0.0294. The second kappa shape index (κ2) is 20.6. The highest BCUT2D eigenvalue weighted by Crippen LogP contribution is 2.21. The van der Waals surface area contributed by atoms with Crippen LogP contribution in [0.15, 0.2) is 72.8 Å². The summed E-state index contributed by atoms with van der Waals surface area (Å²) >= 11 is 0. The molecule has 43 heavy (non-hydrogen) atoms. The van der Waals surface area contributed by atoms with Gasteiger partial charge in [-0.05, 0) is 56.0 Å². The number of ketones is 1. The molecule has 0 amide bonds. The lowest BCUT2D eigenvalue weighted by Gasteiger charge is -2.07. The Labute approximate surface area is 248 Å². The monoisotopic (exact) mass is 594 g/mol. The van der Waals surface area contributed by atoms with E-state index >= 15 is 0 Å². The molecule has 3 rings (SSSR count). The maximum Gasteiger partial charge on any atom is 0.290 e. The van der Waals surface area contributed by atoms with E-state index in [4.69, 9.17) is 19.4 Å². The van der Waals surface area contributed by atoms with E-state index in [1.165, 1.54) is 0 Å². The molecule has 12 nitrogen and oxygen atoms in total. The van der Waals surface area contributed by atoms with Gasteiger partial charge in [0.15, 0.2) is 12.1 Å². The lowest BCUT2D eigenvalue weighted by Crippen LogP contribution is -2.02. The fourth-order valence-corrected chi connectivity index (χ4v) is 3.60. The van der Waals surface area contributed by atoms with E-state index in [9.17, 15) is 29.8 Å². The van der Waals surface area contributed by atoms with Crippen LogP contribution in [0.4, 0.5) is 11.4 Å². The molecule has 12 heteroatoms. The Hall–Kier alpha value is -5.23. The van der Waals surface area contributed by atoms with Crippen molar-refractivity contribution in [3.05, 3.63) is 115 Å². The molecule has 0 radical (unpaired) electrons. The smallest absolute Gasteiger partial charge is 0.290 e. The average Bonchev–Trinajstić information content (AvgIpc) is 3.01. The van der Waals surface area contributed by atoms with Gasteiger partial charge in [-0.1, -0.05) is 42.8 Å². The molecular weight excluding hydrogens is 560 g/mol. The Kier molecular flexibility index (Phi) is 17.2. The molecule has 0 atom stereocenters. The van der Waals surface area contributed by atoms with E-state index in [0.29, 0.717) is 24.0 Å². The van der Waals surface area contributed by atoms with Crippen molar-refractivity contribution in [2.45, 2.75) is 32.6 Å². The zero-order valence-corrected chi connectivity index (χ0v) is 23.9. The number of aldehydes is 1. The fourth-order valence-electron chi connectivity index (χ4n) is 3.60. The predicted molar refractivity (Wildman–Crippen MR) is 161 cm³/mol. The van der Waals surface area contributed by atoms with E-state index in [-0.39, 0.29) is 17.8 Å². The third-order valence-corrected chi connectivity index (χ3v) is 5.64. The number of ether oxygens (including phenoxy) is 2. The van der Waals surface area contributed by atoms with Gasteiger partial charge in [-0.2, -0.15) is 0 Å². The summed E-state index contributed by atoms with van der Waals surface area (Å²) in [5.41, 5.74) is 1.43. The maximum absolute atomic E-state index is 12.5. The molecule has 0 heterocycles. The summed E-state index contributed by atoms with van der Waals surface area (Å²) in [5.74, 6) is 0.837. The highest BCUT2D eigenvalue weighted by atomic mass is 16.6. The van der Waals surface area contributed by atoms with Crippen LogP contribution in [0.3, 0.4) is 0 Å². The zero-order valence-electron chi connectivity index (χ0n) is 23.9. The number of unbranched alkanes of at least 4 members (excludes halogenated alkanes) is 3. The van der Waals surface area contributed by atoms with E-state index in [0.717, 1.165) is 61.8 Å². The maximum atomic E-state index is 12.5. The number of non-ortho nitro benzene ring substituents is 2. The van der Waals surface area contributed by atoms with Crippen LogP contribution in [0.25, 0.3) is 6.08 Å². The van der Waals surface area contributed by atoms with Crippen LogP contribution in [0.5, 0.6) is 5.75 Å². The number of hydrogen-bond acceptors (Lipinski definition) is 9. The van der Waals surface area contributed by atoms with Crippen LogP contribution < -0.4 is 4.74 Å². The number of nitrogens with zero attached hydrogens (tertiary/aromatic N) is 2. The van der Waals surface area contributed by atoms with Crippen molar-refractivity contribution in [3.63, 3.8) is 0 Å². The highest BCUT2D eigenvalue weighted by Gasteiger charge is 2.15. The zero-order chi connectivity index (χ0) is 32.0. The molecular formula is C31H34N2O10. The minimum Gasteiger partial charge on any atom is -0.494 e. The number of carbonyl (C=O) groups excluding carboxylic acids is 2. The number of hydrogen-bond donors (Lipinski definition) is 1. The SMILES string of the molecule is C/C=C/c1ccc(C(=O)c2ccc(OCCCCCCOC)cc2)cc1.O=CO.O=Cc1cc([N+](=O)[O-])cc([N+](=O)[O-])c1. The molecule has 3 aromatic rings. The molecule has 0 saturated carbocycles. The van der Waals surface area contributed by atoms with E-state index in [2.05, 4.69) is 0 Å². The molecule has 0 unspecified atom stereocenters. The Morgan fingerprint density at radius 1 is 0.791 bits per heavy atom. The number of carboxylic acid groups (broad SMARTS) is 1. The molecule has 0 aliphatic heterocycles. The van der Waals surface area contributed by atoms with E-state index in [1.54, 1.807) is 7.11 Å². The van der Waals surface area contributed by atoms with Gasteiger partial charge in [-0.15, -0.1) is 0 Å². The third-order valence-electron chi connectivity index (χ3n) is 5.64. The van der Waals surface area contributed by atoms with Crippen LogP contribution in [-0.2, 0) is 9.53 Å². The molecule has 0 bridgehead atoms. The van der Waals surface area contributed by atoms with Gasteiger partial charge < -0.3 is 14.6 Å². The van der Waals surface area contributed by atoms with Crippen molar-refractivity contribution in [1.82, 2.24) is 0 Å². The normalized spacial score (nSPS) is 10.0. The summed E-state index contributed by atoms with van der Waals surface area (Å²) in [5, 5.41) is 27.5. The van der Waals surface area contributed by atoms with Gasteiger partial charge in [0, 0.05) is 42.5 Å². The summed E-state index contributed by atoms with van der Waals surface area (Å²) in [7, 11) is 1.73. The van der Waals surface area contributed by atoms with Crippen molar-refractivity contribution in [2.24, 2.45) is 0 Å². The lowest BCUT2D eigenvalue weighted by atomic mass is 10.0. The lowest BCUT2D eigenvalue weighted by molar-refractivity contribution is -0.394. The van der Waals surface area contributed by atoms with Crippen LogP contribution in [0, 0.1) is 20.2 Å². The molecule has 0 aliphatic rings. The molecule has 0 spiro atoms. The average molecular weight is 595 g/mol. The molecule has 3 aromatic carbocycles. The van der Waals surface area contributed by atoms with Gasteiger partial charge in [0.1, 0.15) is 5.75 Å². The van der Waals surface area contributed by atoms with Gasteiger partial charge in [-0.25, -0.2) is 0 Å². The third kappa shape index (κ3) is 13.8. The Morgan fingerprint density at radius 2 is 1.28 bits per heavy atom. The molecule has 0 saturated heterocycles. The second-order valence-corrected chi connectivity index (χ2v) is 8.75. The second-order valence-electron chi connectivity index (χ2n) is 8.75. The summed E-state index contributed by atoms with van der Waals surface area (Å²) < 4.78 is 10.8. The van der Waals surface area contributed by atoms with E-state index < -0.39 is 21.2 Å². The topological polar surface area (TPSA) is 176 Å². The first-order valence-corrected chi connectivity index (χ1v) is 13.2. The highest BCUT2D eigenvalue weighted by molar-refractivity contribution is 6.09. The van der Waals surface area contributed by atoms with Crippen molar-refractivity contribution < 1.29 is 38.8 Å². The number of carbonyl (C=O) groups is 3. The number of benzene rings is 3. The van der Waals surface area contributed by atoms with Crippen LogP contribution in [0.1, 0.15) is 64.4 Å². The van der Waals surface area contributed by atoms with Crippen LogP contribution >= 0.6 is 0 Å². The van der Waals surface area contributed by atoms with Crippen LogP contribution in [0.2, 0.25) is 0 Å². The number of nitro groups is 2. The molecule has 0 fully saturated rings. The van der Waals surface area contributed by atoms with Gasteiger partial charge in [0.25, 0.3) is 17.8 Å². The van der Waals surface area contributed by atoms with Gasteiger partial charge in [0.2, 0.25) is 0 Å². The van der Waals surface area contributed by atoms with Crippen LogP contribution in [-0.4, -0.2) is 53.8 Å². The molecule has 1 N–H and O–H groups in total. The fraction of sp³-hybridized carbons (Fsp3) is 0.258. The Balaban J connectivity index is 0.000000456. The number of allylic oxidation sites excluding steroid dienone is 1. The summed E-state index contributed by atoms with van der Waals surface area (Å²) in [6.45, 7) is 3.26. The van der Waals surface area contributed by atoms with Crippen molar-refractivity contribution in [3.8, 4) is 5.75 Å². The van der Waals surface area contributed by atoms with Gasteiger partial charge in [0.05, 0.1) is 22.5 Å². The first kappa shape index (κ1) is 35.8. The Morgan fingerprint density at radius 3 is 1.72 bits per heavy atom. The molecule has 0 aromatic heterocycles. The standard InChI is InChI=1S/C23H28O3.C7H4N2O5.CH2O2/c1-3-8-19-9-11-20(12-10-19)23(24)21-13-15-22(16-14-21)26-18-7-5-4-6-17-25-2;10-4-5-1-6(8(11)12)3-7(2-5)9(13)14;2-1-3/h3,8-16H,4-7,17-18H2,1-2H3;1-4H;1H,(H,2,3)/b8-3+;;.